The molecule has 3 nitrogen and oxygen atoms in total. The standard InChI is InChI=1S/C12H21N3/c1-4-15-8-7-14-11(15)12(2)6-5-10(9-12)13-3/h7-8,10,13H,4-6,9H2,1-3H3. The van der Waals surface area contributed by atoms with Crippen molar-refractivity contribution in [1.82, 2.24) is 14.9 Å². The molecule has 1 heterocycles. The summed E-state index contributed by atoms with van der Waals surface area (Å²) in [6.07, 6.45) is 7.74. The molecule has 0 aliphatic heterocycles. The van der Waals surface area contributed by atoms with Gasteiger partial charge in [0.15, 0.2) is 0 Å². The molecule has 0 amide bonds. The Kier molecular flexibility index (Phi) is 2.83. The minimum Gasteiger partial charge on any atom is -0.335 e. The second-order valence-electron chi connectivity index (χ2n) is 4.83. The Morgan fingerprint density at radius 3 is 3.07 bits per heavy atom. The van der Waals surface area contributed by atoms with Crippen LogP contribution in [0.3, 0.4) is 0 Å². The molecule has 15 heavy (non-hydrogen) atoms. The van der Waals surface area contributed by atoms with E-state index in [2.05, 4.69) is 42.0 Å². The van der Waals surface area contributed by atoms with Crippen LogP contribution < -0.4 is 5.32 Å². The topological polar surface area (TPSA) is 29.9 Å². The van der Waals surface area contributed by atoms with Gasteiger partial charge in [0.1, 0.15) is 5.82 Å². The third-order valence-electron chi connectivity index (χ3n) is 3.75. The summed E-state index contributed by atoms with van der Waals surface area (Å²) in [5.41, 5.74) is 0.271. The van der Waals surface area contributed by atoms with Crippen molar-refractivity contribution in [1.29, 1.82) is 0 Å². The molecule has 0 spiro atoms. The van der Waals surface area contributed by atoms with Crippen LogP contribution in [0.15, 0.2) is 12.4 Å². The maximum absolute atomic E-state index is 4.54. The van der Waals surface area contributed by atoms with E-state index in [-0.39, 0.29) is 5.41 Å². The number of nitrogens with one attached hydrogen (secondary N) is 1. The number of aromatic nitrogens is 2. The van der Waals surface area contributed by atoms with Crippen LogP contribution in [0.2, 0.25) is 0 Å². The molecule has 1 aromatic heterocycles. The van der Waals surface area contributed by atoms with Crippen molar-refractivity contribution in [3.8, 4) is 0 Å². The quantitative estimate of drug-likeness (QED) is 0.821. The summed E-state index contributed by atoms with van der Waals surface area (Å²) in [5, 5.41) is 3.38. The molecular formula is C12H21N3. The molecule has 0 aromatic carbocycles. The third-order valence-corrected chi connectivity index (χ3v) is 3.75. The zero-order chi connectivity index (χ0) is 10.9. The number of hydrogen-bond acceptors (Lipinski definition) is 2. The van der Waals surface area contributed by atoms with Gasteiger partial charge in [-0.15, -0.1) is 0 Å². The molecule has 1 saturated carbocycles. The number of aryl methyl sites for hydroxylation is 1. The molecule has 1 fully saturated rings. The van der Waals surface area contributed by atoms with Crippen molar-refractivity contribution >= 4 is 0 Å². The van der Waals surface area contributed by atoms with Crippen molar-refractivity contribution in [2.75, 3.05) is 7.05 Å². The summed E-state index contributed by atoms with van der Waals surface area (Å²) in [6, 6.07) is 0.664. The minimum atomic E-state index is 0.271. The highest BCUT2D eigenvalue weighted by atomic mass is 15.1. The van der Waals surface area contributed by atoms with Crippen LogP contribution in [0.4, 0.5) is 0 Å². The second kappa shape index (κ2) is 3.97. The molecule has 1 aliphatic rings. The Bertz CT molecular complexity index is 331. The normalized spacial score (nSPS) is 31.0. The molecule has 0 radical (unpaired) electrons. The van der Waals surface area contributed by atoms with E-state index in [1.165, 1.54) is 25.1 Å². The zero-order valence-corrected chi connectivity index (χ0v) is 9.95. The number of nitrogens with zero attached hydrogens (tertiary/aromatic N) is 2. The van der Waals surface area contributed by atoms with Gasteiger partial charge >= 0.3 is 0 Å². The van der Waals surface area contributed by atoms with E-state index in [0.29, 0.717) is 6.04 Å². The van der Waals surface area contributed by atoms with Crippen LogP contribution in [0.1, 0.15) is 38.9 Å². The largest absolute Gasteiger partial charge is 0.335 e. The van der Waals surface area contributed by atoms with E-state index < -0.39 is 0 Å². The molecular weight excluding hydrogens is 186 g/mol. The fourth-order valence-electron chi connectivity index (χ4n) is 2.78. The first-order valence-corrected chi connectivity index (χ1v) is 5.88. The summed E-state index contributed by atoms with van der Waals surface area (Å²) in [7, 11) is 2.06. The van der Waals surface area contributed by atoms with Crippen LogP contribution in [-0.2, 0) is 12.0 Å². The maximum Gasteiger partial charge on any atom is 0.114 e. The van der Waals surface area contributed by atoms with Gasteiger partial charge in [-0.3, -0.25) is 0 Å². The summed E-state index contributed by atoms with van der Waals surface area (Å²) in [6.45, 7) is 5.55. The lowest BCUT2D eigenvalue weighted by Gasteiger charge is -2.24. The SMILES string of the molecule is CCn1ccnc1C1(C)CCC(NC)C1. The Balaban J connectivity index is 2.23. The van der Waals surface area contributed by atoms with Gasteiger partial charge in [0.25, 0.3) is 0 Å². The van der Waals surface area contributed by atoms with Crippen molar-refractivity contribution in [2.45, 2.75) is 51.1 Å². The van der Waals surface area contributed by atoms with E-state index in [1.807, 2.05) is 6.20 Å². The smallest absolute Gasteiger partial charge is 0.114 e. The Morgan fingerprint density at radius 1 is 1.67 bits per heavy atom. The van der Waals surface area contributed by atoms with Crippen LogP contribution in [0, 0.1) is 0 Å². The minimum absolute atomic E-state index is 0.271. The van der Waals surface area contributed by atoms with E-state index in [0.717, 1.165) is 6.54 Å². The molecule has 1 aliphatic carbocycles. The number of hydrogen-bond donors (Lipinski definition) is 1. The third kappa shape index (κ3) is 1.81. The maximum atomic E-state index is 4.54. The first kappa shape index (κ1) is 10.7. The van der Waals surface area contributed by atoms with Gasteiger partial charge in [0.05, 0.1) is 0 Å². The summed E-state index contributed by atoms with van der Waals surface area (Å²) < 4.78 is 2.28. The van der Waals surface area contributed by atoms with Gasteiger partial charge in [0, 0.05) is 30.4 Å². The van der Waals surface area contributed by atoms with E-state index in [1.54, 1.807) is 0 Å². The Morgan fingerprint density at radius 2 is 2.47 bits per heavy atom. The highest BCUT2D eigenvalue weighted by Gasteiger charge is 2.38. The van der Waals surface area contributed by atoms with E-state index in [4.69, 9.17) is 0 Å². The van der Waals surface area contributed by atoms with Crippen LogP contribution in [0.25, 0.3) is 0 Å². The van der Waals surface area contributed by atoms with Gasteiger partial charge in [-0.05, 0) is 33.2 Å². The second-order valence-corrected chi connectivity index (χ2v) is 4.83. The molecule has 2 rings (SSSR count). The van der Waals surface area contributed by atoms with Crippen LogP contribution in [-0.4, -0.2) is 22.6 Å². The van der Waals surface area contributed by atoms with Crippen molar-refractivity contribution in [3.63, 3.8) is 0 Å². The fourth-order valence-corrected chi connectivity index (χ4v) is 2.78. The lowest BCUT2D eigenvalue weighted by atomic mass is 9.87. The molecule has 1 N–H and O–H groups in total. The van der Waals surface area contributed by atoms with Gasteiger partial charge < -0.3 is 9.88 Å². The predicted molar refractivity (Wildman–Crippen MR) is 62.0 cm³/mol. The average Bonchev–Trinajstić information content (AvgIpc) is 2.84. The lowest BCUT2D eigenvalue weighted by molar-refractivity contribution is 0.420. The van der Waals surface area contributed by atoms with Gasteiger partial charge in [-0.25, -0.2) is 4.98 Å². The molecule has 0 bridgehead atoms. The number of rotatable bonds is 3. The Labute approximate surface area is 91.9 Å². The van der Waals surface area contributed by atoms with Gasteiger partial charge in [-0.2, -0.15) is 0 Å². The lowest BCUT2D eigenvalue weighted by Crippen LogP contribution is -2.28. The monoisotopic (exact) mass is 207 g/mol. The van der Waals surface area contributed by atoms with Crippen LogP contribution in [0.5, 0.6) is 0 Å². The molecule has 84 valence electrons. The van der Waals surface area contributed by atoms with Crippen molar-refractivity contribution < 1.29 is 0 Å². The van der Waals surface area contributed by atoms with Crippen molar-refractivity contribution in [2.24, 2.45) is 0 Å². The molecule has 0 saturated heterocycles. The summed E-state index contributed by atoms with van der Waals surface area (Å²) >= 11 is 0. The van der Waals surface area contributed by atoms with E-state index in [9.17, 15) is 0 Å². The summed E-state index contributed by atoms with van der Waals surface area (Å²) in [5.74, 6) is 1.27. The van der Waals surface area contributed by atoms with Crippen molar-refractivity contribution in [3.05, 3.63) is 18.2 Å². The first-order chi connectivity index (χ1) is 7.19. The van der Waals surface area contributed by atoms with Gasteiger partial charge in [0.2, 0.25) is 0 Å². The average molecular weight is 207 g/mol. The molecule has 1 aromatic rings. The molecule has 3 heteroatoms. The highest BCUT2D eigenvalue weighted by Crippen LogP contribution is 2.39. The predicted octanol–water partition coefficient (Wildman–Crippen LogP) is 1.93. The highest BCUT2D eigenvalue weighted by molar-refractivity contribution is 5.13. The molecule has 2 unspecified atom stereocenters. The summed E-state index contributed by atoms with van der Waals surface area (Å²) in [4.78, 5) is 4.54. The number of imidazole rings is 1. The van der Waals surface area contributed by atoms with Crippen LogP contribution >= 0.6 is 0 Å². The molecule has 2 atom stereocenters. The first-order valence-electron chi connectivity index (χ1n) is 5.88. The Hall–Kier alpha value is -0.830. The van der Waals surface area contributed by atoms with Gasteiger partial charge in [-0.1, -0.05) is 6.92 Å². The zero-order valence-electron chi connectivity index (χ0n) is 9.95. The van der Waals surface area contributed by atoms with E-state index >= 15 is 0 Å². The fraction of sp³-hybridized carbons (Fsp3) is 0.750.